The van der Waals surface area contributed by atoms with Crippen molar-refractivity contribution >= 4 is 39.0 Å². The summed E-state index contributed by atoms with van der Waals surface area (Å²) in [6.07, 6.45) is 0.704. The Morgan fingerprint density at radius 1 is 1.20 bits per heavy atom. The summed E-state index contributed by atoms with van der Waals surface area (Å²) in [5.41, 5.74) is 1.51. The Morgan fingerprint density at radius 3 is 2.60 bits per heavy atom. The largest absolute Gasteiger partial charge is 0.395 e. The monoisotopic (exact) mass is 589 g/mol. The molecule has 212 valence electrons. The van der Waals surface area contributed by atoms with E-state index in [4.69, 9.17) is 31.4 Å². The molecule has 5 rings (SSSR count). The van der Waals surface area contributed by atoms with E-state index in [1.54, 1.807) is 30.3 Å². The number of halogens is 2. The Morgan fingerprint density at radius 2 is 1.95 bits per heavy atom. The lowest BCUT2D eigenvalue weighted by Gasteiger charge is -2.34. The lowest BCUT2D eigenvalue weighted by Crippen LogP contribution is -2.44. The second-order valence-electron chi connectivity index (χ2n) is 9.81. The van der Waals surface area contributed by atoms with Gasteiger partial charge in [0.1, 0.15) is 16.4 Å². The van der Waals surface area contributed by atoms with Crippen LogP contribution in [0.5, 0.6) is 0 Å². The topological polar surface area (TPSA) is 134 Å². The van der Waals surface area contributed by atoms with Crippen LogP contribution in [0.3, 0.4) is 0 Å². The van der Waals surface area contributed by atoms with Gasteiger partial charge in [-0.05, 0) is 62.2 Å². The highest BCUT2D eigenvalue weighted by Gasteiger charge is 2.58. The Kier molecular flexibility index (Phi) is 7.96. The second-order valence-corrected chi connectivity index (χ2v) is 12.5. The normalized spacial score (nSPS) is 18.3. The van der Waals surface area contributed by atoms with Gasteiger partial charge in [0.15, 0.2) is 15.7 Å². The van der Waals surface area contributed by atoms with Crippen LogP contribution in [-0.4, -0.2) is 68.5 Å². The van der Waals surface area contributed by atoms with E-state index in [-0.39, 0.29) is 29.1 Å². The van der Waals surface area contributed by atoms with Gasteiger partial charge in [0.2, 0.25) is 0 Å². The predicted octanol–water partition coefficient (Wildman–Crippen LogP) is 3.74. The summed E-state index contributed by atoms with van der Waals surface area (Å²) in [4.78, 5) is 23.5. The molecule has 0 bridgehead atoms. The van der Waals surface area contributed by atoms with Crippen LogP contribution in [0.15, 0.2) is 53.4 Å². The molecule has 3 N–H and O–H groups in total. The number of carbonyl (C=O) groups is 1. The summed E-state index contributed by atoms with van der Waals surface area (Å²) in [6, 6.07) is 11.5. The van der Waals surface area contributed by atoms with Crippen molar-refractivity contribution in [3.63, 3.8) is 0 Å². The number of nitrogens with zero attached hydrogens (tertiary/aromatic N) is 3. The molecule has 1 aliphatic carbocycles. The maximum Gasteiger partial charge on any atom is 0.319 e. The van der Waals surface area contributed by atoms with Crippen LogP contribution in [0.25, 0.3) is 11.4 Å². The third kappa shape index (κ3) is 5.49. The maximum absolute atomic E-state index is 13.9. The van der Waals surface area contributed by atoms with Gasteiger partial charge in [0.25, 0.3) is 0 Å². The number of aliphatic hydroxyl groups is 1. The molecule has 13 heteroatoms. The quantitative estimate of drug-likeness (QED) is 0.338. The summed E-state index contributed by atoms with van der Waals surface area (Å²) in [7, 11) is -3.96. The predicted molar refractivity (Wildman–Crippen MR) is 149 cm³/mol. The zero-order valence-electron chi connectivity index (χ0n) is 21.7. The molecule has 1 saturated heterocycles. The molecule has 2 aromatic carbocycles. The molecule has 0 spiro atoms. The third-order valence-corrected chi connectivity index (χ3v) is 9.87. The molecule has 0 radical (unpaired) electrons. The van der Waals surface area contributed by atoms with Gasteiger partial charge >= 0.3 is 6.03 Å². The number of aromatic nitrogens is 2. The molecular formula is C27H29ClFN5O5S. The second kappa shape index (κ2) is 11.3. The molecule has 0 unspecified atom stereocenters. The number of carbonyl (C=O) groups excluding carboxylic acids is 1. The van der Waals surface area contributed by atoms with Crippen molar-refractivity contribution in [2.75, 3.05) is 43.1 Å². The summed E-state index contributed by atoms with van der Waals surface area (Å²) in [5, 5.41) is 13.8. The average Bonchev–Trinajstić information content (AvgIpc) is 3.77. The Hall–Kier alpha value is -3.32. The van der Waals surface area contributed by atoms with E-state index in [0.717, 1.165) is 12.1 Å². The van der Waals surface area contributed by atoms with Gasteiger partial charge in [-0.2, -0.15) is 0 Å². The molecule has 3 aromatic rings. The van der Waals surface area contributed by atoms with Crippen LogP contribution in [0, 0.1) is 5.82 Å². The molecule has 2 amide bonds. The van der Waals surface area contributed by atoms with E-state index in [1.807, 2.05) is 6.92 Å². The fraction of sp³-hybridized carbons (Fsp3) is 0.370. The maximum atomic E-state index is 13.9. The Balaban J connectivity index is 1.54. The number of rotatable bonds is 8. The first-order valence-corrected chi connectivity index (χ1v) is 14.7. The van der Waals surface area contributed by atoms with Crippen molar-refractivity contribution < 1.29 is 27.4 Å². The van der Waals surface area contributed by atoms with E-state index < -0.39 is 26.4 Å². The van der Waals surface area contributed by atoms with Gasteiger partial charge < -0.3 is 25.4 Å². The van der Waals surface area contributed by atoms with Gasteiger partial charge in [0.05, 0.1) is 41.5 Å². The average molecular weight is 590 g/mol. The molecule has 1 atom stereocenters. The highest BCUT2D eigenvalue weighted by molar-refractivity contribution is 7.92. The smallest absolute Gasteiger partial charge is 0.319 e. The number of sulfone groups is 1. The van der Waals surface area contributed by atoms with Crippen LogP contribution in [0.4, 0.5) is 20.7 Å². The number of anilines is 2. The van der Waals surface area contributed by atoms with Gasteiger partial charge in [-0.25, -0.2) is 27.6 Å². The van der Waals surface area contributed by atoms with Crippen molar-refractivity contribution in [3.8, 4) is 11.4 Å². The minimum absolute atomic E-state index is 0.0102. The number of ether oxygens (including phenoxy) is 1. The SMILES string of the molecule is C[C@H]1COCCN1c1cc(C2(S(=O)(=O)c3ccc(F)c(Cl)c3)CC2)nc(-c2ccc(NC(=O)NCCO)cc2)n1. The first-order chi connectivity index (χ1) is 19.1. The van der Waals surface area contributed by atoms with Crippen LogP contribution in [0.1, 0.15) is 25.5 Å². The number of hydrogen-bond donors (Lipinski definition) is 3. The van der Waals surface area contributed by atoms with E-state index in [9.17, 15) is 17.6 Å². The van der Waals surface area contributed by atoms with Gasteiger partial charge in [-0.3, -0.25) is 0 Å². The summed E-state index contributed by atoms with van der Waals surface area (Å²) < 4.78 is 45.8. The van der Waals surface area contributed by atoms with Crippen molar-refractivity contribution in [1.82, 2.24) is 15.3 Å². The number of hydrogen-bond acceptors (Lipinski definition) is 8. The van der Waals surface area contributed by atoms with Crippen LogP contribution in [-0.2, 0) is 19.3 Å². The summed E-state index contributed by atoms with van der Waals surface area (Å²) in [6.45, 7) is 3.56. The van der Waals surface area contributed by atoms with Crippen LogP contribution >= 0.6 is 11.6 Å². The van der Waals surface area contributed by atoms with E-state index in [2.05, 4.69) is 15.5 Å². The number of urea groups is 1. The zero-order valence-corrected chi connectivity index (χ0v) is 23.3. The minimum Gasteiger partial charge on any atom is -0.395 e. The number of morpholine rings is 1. The standard InChI is InChI=1S/C27H29ClFN5O5S/c1-17-16-39-13-11-34(17)24-15-23(27(8-9-27)40(37,38)20-6-7-22(29)21(28)14-20)32-25(33-24)18-2-4-19(5-3-18)31-26(36)30-10-12-35/h2-7,14-15,17,35H,8-13,16H2,1H3,(H2,30,31,36)/t17-/m0/s1. The molecule has 1 aliphatic heterocycles. The molecule has 1 saturated carbocycles. The van der Waals surface area contributed by atoms with Crippen molar-refractivity contribution in [3.05, 3.63) is 65.1 Å². The van der Waals surface area contributed by atoms with Gasteiger partial charge in [0, 0.05) is 30.4 Å². The molecule has 2 heterocycles. The third-order valence-electron chi connectivity index (χ3n) is 7.06. The lowest BCUT2D eigenvalue weighted by atomic mass is 10.1. The van der Waals surface area contributed by atoms with E-state index in [0.29, 0.717) is 61.2 Å². The fourth-order valence-corrected chi connectivity index (χ4v) is 6.94. The highest BCUT2D eigenvalue weighted by atomic mass is 35.5. The molecule has 2 aliphatic rings. The fourth-order valence-electron chi connectivity index (χ4n) is 4.70. The van der Waals surface area contributed by atoms with E-state index in [1.165, 1.54) is 6.07 Å². The molecular weight excluding hydrogens is 561 g/mol. The Bertz CT molecular complexity index is 1520. The van der Waals surface area contributed by atoms with E-state index >= 15 is 0 Å². The molecule has 2 fully saturated rings. The van der Waals surface area contributed by atoms with Gasteiger partial charge in [-0.1, -0.05) is 11.6 Å². The number of aliphatic hydroxyl groups excluding tert-OH is 1. The minimum atomic E-state index is -3.96. The molecule has 1 aromatic heterocycles. The number of benzene rings is 2. The summed E-state index contributed by atoms with van der Waals surface area (Å²) in [5.74, 6) is 0.225. The molecule has 40 heavy (non-hydrogen) atoms. The van der Waals surface area contributed by atoms with Crippen molar-refractivity contribution in [2.45, 2.75) is 35.4 Å². The van der Waals surface area contributed by atoms with Crippen molar-refractivity contribution in [1.29, 1.82) is 0 Å². The lowest BCUT2D eigenvalue weighted by molar-refractivity contribution is 0.0985. The van der Waals surface area contributed by atoms with Crippen LogP contribution < -0.4 is 15.5 Å². The van der Waals surface area contributed by atoms with Crippen molar-refractivity contribution in [2.24, 2.45) is 0 Å². The van der Waals surface area contributed by atoms with Gasteiger partial charge in [-0.15, -0.1) is 0 Å². The highest BCUT2D eigenvalue weighted by Crippen LogP contribution is 2.55. The number of amides is 2. The first-order valence-electron chi connectivity index (χ1n) is 12.8. The molecule has 10 nitrogen and oxygen atoms in total. The Labute approximate surface area is 236 Å². The first kappa shape index (κ1) is 28.2. The van der Waals surface area contributed by atoms with Crippen LogP contribution in [0.2, 0.25) is 5.02 Å². The number of nitrogens with one attached hydrogen (secondary N) is 2. The zero-order chi connectivity index (χ0) is 28.5. The summed E-state index contributed by atoms with van der Waals surface area (Å²) >= 11 is 5.93.